The highest BCUT2D eigenvalue weighted by Crippen LogP contribution is 2.47. The monoisotopic (exact) mass is 773 g/mol. The van der Waals surface area contributed by atoms with E-state index in [0.29, 0.717) is 24.1 Å². The van der Waals surface area contributed by atoms with Crippen molar-refractivity contribution in [2.45, 2.75) is 33.4 Å². The summed E-state index contributed by atoms with van der Waals surface area (Å²) in [5, 5.41) is 54.4. The Morgan fingerprint density at radius 2 is 1.48 bits per heavy atom. The van der Waals surface area contributed by atoms with Crippen LogP contribution in [0.3, 0.4) is 0 Å². The lowest BCUT2D eigenvalue weighted by Gasteiger charge is -2.13. The van der Waals surface area contributed by atoms with Crippen LogP contribution in [0.25, 0.3) is 10.8 Å². The number of benzene rings is 4. The number of anilines is 1. The van der Waals surface area contributed by atoms with Crippen LogP contribution >= 0.6 is 24.1 Å². The maximum atomic E-state index is 12.1. The summed E-state index contributed by atoms with van der Waals surface area (Å²) in [5.41, 5.74) is -0.568. The van der Waals surface area contributed by atoms with Gasteiger partial charge in [0.2, 0.25) is 5.91 Å². The molecule has 20 nitrogen and oxygen atoms in total. The van der Waals surface area contributed by atoms with E-state index in [9.17, 15) is 35.8 Å². The molecule has 266 valence electrons. The number of aryl methyl sites for hydroxylation is 1. The first-order valence-electron chi connectivity index (χ1n) is 13.1. The summed E-state index contributed by atoms with van der Waals surface area (Å²) in [4.78, 5) is 11.1. The van der Waals surface area contributed by atoms with Crippen LogP contribution in [0.15, 0.2) is 88.6 Å². The average molecular weight is 774 g/mol. The highest BCUT2D eigenvalue weighted by molar-refractivity contribution is 7.95. The minimum Gasteiger partial charge on any atom is -0.505 e. The molecule has 4 rings (SSSR count). The highest BCUT2D eigenvalue weighted by atomic mass is 32.2. The molecule has 1 amide bonds. The summed E-state index contributed by atoms with van der Waals surface area (Å²) < 4.78 is 80.9. The third kappa shape index (κ3) is 9.27. The van der Waals surface area contributed by atoms with Gasteiger partial charge in [-0.3, -0.25) is 13.9 Å². The average Bonchev–Trinajstić information content (AvgIpc) is 3.04. The zero-order chi connectivity index (χ0) is 36.8. The maximum Gasteiger partial charge on any atom is 0.296 e. The van der Waals surface area contributed by atoms with Gasteiger partial charge in [0.1, 0.15) is 33.4 Å². The molecule has 4 aromatic rings. The van der Waals surface area contributed by atoms with Crippen molar-refractivity contribution in [2.75, 3.05) is 12.4 Å². The van der Waals surface area contributed by atoms with E-state index in [2.05, 4.69) is 44.5 Å². The Balaban J connectivity index is 1.85. The largest absolute Gasteiger partial charge is 0.505 e. The molecule has 0 aliphatic heterocycles. The fraction of sp³-hybridized carbons (Fsp3) is 0.115. The van der Waals surface area contributed by atoms with Gasteiger partial charge in [-0.25, -0.2) is 10.5 Å². The van der Waals surface area contributed by atoms with E-state index >= 15 is 0 Å². The molecule has 0 aliphatic carbocycles. The van der Waals surface area contributed by atoms with Crippen molar-refractivity contribution in [3.63, 3.8) is 0 Å². The Bertz CT molecular complexity index is 2230. The van der Waals surface area contributed by atoms with Gasteiger partial charge in [-0.15, -0.1) is 29.1 Å². The van der Waals surface area contributed by atoms with Crippen LogP contribution < -0.4 is 10.1 Å². The Kier molecular flexibility index (Phi) is 12.4. The predicted molar refractivity (Wildman–Crippen MR) is 173 cm³/mol. The van der Waals surface area contributed by atoms with Gasteiger partial charge in [0.05, 0.1) is 46.7 Å². The van der Waals surface area contributed by atoms with Crippen LogP contribution in [-0.2, 0) is 43.8 Å². The van der Waals surface area contributed by atoms with Crippen LogP contribution in [0.2, 0.25) is 0 Å². The van der Waals surface area contributed by atoms with Crippen molar-refractivity contribution >= 4 is 89.4 Å². The topological polar surface area (TPSA) is 294 Å². The summed E-state index contributed by atoms with van der Waals surface area (Å²) in [6.45, 7) is 2.65. The maximum absolute atomic E-state index is 12.1. The number of phenolic OH excluding ortho intramolecular Hbond substituents is 1. The number of nitrogens with zero attached hydrogens (tertiary/aromatic N) is 4. The molecule has 0 unspecified atom stereocenters. The molecular formula is C26H23N5O15S4. The first kappa shape index (κ1) is 38.5. The molecule has 0 radical (unpaired) electrons. The van der Waals surface area contributed by atoms with Gasteiger partial charge in [-0.2, -0.15) is 16.8 Å². The van der Waals surface area contributed by atoms with E-state index < -0.39 is 41.7 Å². The van der Waals surface area contributed by atoms with Gasteiger partial charge >= 0.3 is 0 Å². The van der Waals surface area contributed by atoms with E-state index in [1.54, 1.807) is 0 Å². The SMILES string of the molecule is COc1cc(N=Nc2cc(SOOO)ccc2S(=O)(=O)O)c(NC(C)=O)cc1N=Nc1c(SOOO)cc2cc(S(=O)(=O)O)cc(C)c2c1O. The molecule has 0 spiro atoms. The number of phenols is 1. The molecule has 0 fully saturated rings. The van der Waals surface area contributed by atoms with Crippen molar-refractivity contribution in [3.05, 3.63) is 54.1 Å². The zero-order valence-corrected chi connectivity index (χ0v) is 28.6. The van der Waals surface area contributed by atoms with Gasteiger partial charge in [0, 0.05) is 23.3 Å². The number of rotatable bonds is 14. The standard InChI is InChI=1S/C26H23N5O15S4/c1-12-6-16(49(36,37)38)7-14-8-22(48-46-44-35)25(26(33)24(12)14)31-29-19-10-17(27-13(2)32)18(11-21(19)42-3)28-30-20-9-15(47-45-43-34)4-5-23(20)50(39,40)41/h4-11,33-35H,1-3H3,(H,27,32)(H,36,37,38)(H,39,40,41). The summed E-state index contributed by atoms with van der Waals surface area (Å²) in [6, 6.07) is 9.37. The molecule has 0 atom stereocenters. The van der Waals surface area contributed by atoms with Gasteiger partial charge in [-0.05, 0) is 60.3 Å². The van der Waals surface area contributed by atoms with Crippen molar-refractivity contribution < 1.29 is 69.8 Å². The second-order valence-electron chi connectivity index (χ2n) is 9.56. The zero-order valence-electron chi connectivity index (χ0n) is 25.4. The lowest BCUT2D eigenvalue weighted by molar-refractivity contribution is -0.432. The molecule has 0 bridgehead atoms. The van der Waals surface area contributed by atoms with Gasteiger partial charge < -0.3 is 15.2 Å². The van der Waals surface area contributed by atoms with E-state index in [-0.39, 0.29) is 60.3 Å². The molecule has 0 heterocycles. The second kappa shape index (κ2) is 16.1. The smallest absolute Gasteiger partial charge is 0.296 e. The number of hydrogen-bond donors (Lipinski definition) is 6. The Morgan fingerprint density at radius 1 is 0.820 bits per heavy atom. The Morgan fingerprint density at radius 3 is 2.10 bits per heavy atom. The van der Waals surface area contributed by atoms with E-state index in [1.807, 2.05) is 0 Å². The molecule has 0 aliphatic rings. The number of ether oxygens (including phenoxy) is 1. The van der Waals surface area contributed by atoms with Gasteiger partial charge in [-0.1, -0.05) is 10.1 Å². The number of carbonyl (C=O) groups is 1. The third-order valence-electron chi connectivity index (χ3n) is 6.27. The van der Waals surface area contributed by atoms with Crippen LogP contribution in [-0.4, -0.2) is 54.6 Å². The molecule has 0 saturated carbocycles. The molecule has 4 aromatic carbocycles. The second-order valence-corrected chi connectivity index (χ2v) is 13.9. The van der Waals surface area contributed by atoms with E-state index in [4.69, 9.17) is 15.3 Å². The normalized spacial score (nSPS) is 12.3. The number of methoxy groups -OCH3 is 1. The number of carbonyl (C=O) groups excluding carboxylic acids is 1. The fourth-order valence-corrected chi connectivity index (χ4v) is 6.40. The summed E-state index contributed by atoms with van der Waals surface area (Å²) in [7, 11) is -8.15. The van der Waals surface area contributed by atoms with E-state index in [1.165, 1.54) is 45.2 Å². The lowest BCUT2D eigenvalue weighted by Crippen LogP contribution is -2.06. The minimum absolute atomic E-state index is 0.0250. The van der Waals surface area contributed by atoms with Crippen LogP contribution in [0.4, 0.5) is 28.4 Å². The van der Waals surface area contributed by atoms with Gasteiger partial charge in [0.25, 0.3) is 20.2 Å². The number of amides is 1. The van der Waals surface area contributed by atoms with Crippen molar-refractivity contribution in [3.8, 4) is 11.5 Å². The van der Waals surface area contributed by atoms with Crippen LogP contribution in [0.1, 0.15) is 12.5 Å². The molecule has 50 heavy (non-hydrogen) atoms. The third-order valence-corrected chi connectivity index (χ3v) is 9.20. The van der Waals surface area contributed by atoms with Gasteiger partial charge in [0.15, 0.2) is 5.75 Å². The first-order valence-corrected chi connectivity index (χ1v) is 17.5. The van der Waals surface area contributed by atoms with Crippen molar-refractivity contribution in [2.24, 2.45) is 20.5 Å². The van der Waals surface area contributed by atoms with Crippen LogP contribution in [0.5, 0.6) is 11.5 Å². The Labute approximate surface area is 290 Å². The highest BCUT2D eigenvalue weighted by Gasteiger charge is 2.21. The number of hydrogen-bond acceptors (Lipinski definition) is 19. The fourth-order valence-electron chi connectivity index (χ4n) is 4.31. The first-order chi connectivity index (χ1) is 23.6. The number of nitrogens with one attached hydrogen (secondary N) is 1. The summed E-state index contributed by atoms with van der Waals surface area (Å²) in [5.74, 6) is -1.10. The molecule has 6 N–H and O–H groups in total. The molecule has 0 saturated heterocycles. The van der Waals surface area contributed by atoms with Crippen molar-refractivity contribution in [1.82, 2.24) is 0 Å². The van der Waals surface area contributed by atoms with Crippen LogP contribution in [0, 0.1) is 6.92 Å². The summed E-state index contributed by atoms with van der Waals surface area (Å²) >= 11 is 0.841. The quantitative estimate of drug-likeness (QED) is 0.0247. The molecular weight excluding hydrogens is 751 g/mol. The minimum atomic E-state index is -4.79. The molecule has 0 aromatic heterocycles. The van der Waals surface area contributed by atoms with E-state index in [0.717, 1.165) is 24.3 Å². The summed E-state index contributed by atoms with van der Waals surface area (Å²) in [6.07, 6.45) is 0. The number of aromatic hydroxyl groups is 1. The lowest BCUT2D eigenvalue weighted by atomic mass is 10.0. The van der Waals surface area contributed by atoms with Crippen molar-refractivity contribution in [1.29, 1.82) is 0 Å². The predicted octanol–water partition coefficient (Wildman–Crippen LogP) is 7.00. The molecule has 24 heteroatoms. The number of fused-ring (bicyclic) bond motifs is 1. The number of azo groups is 2. The Hall–Kier alpha value is -4.31.